The van der Waals surface area contributed by atoms with Gasteiger partial charge >= 0.3 is 0 Å². The van der Waals surface area contributed by atoms with Crippen LogP contribution in [0.1, 0.15) is 43.6 Å². The SMILES string of the molecule is CCCCC(N)c1ncc(-c2cc(F)c(C)cc2F)[nH]1. The summed E-state index contributed by atoms with van der Waals surface area (Å²) in [5, 5.41) is 0. The molecule has 3 nitrogen and oxygen atoms in total. The van der Waals surface area contributed by atoms with E-state index in [1.54, 1.807) is 0 Å². The van der Waals surface area contributed by atoms with Gasteiger partial charge < -0.3 is 10.7 Å². The average molecular weight is 279 g/mol. The molecule has 0 aliphatic rings. The molecular weight excluding hydrogens is 260 g/mol. The van der Waals surface area contributed by atoms with Crippen molar-refractivity contribution in [2.24, 2.45) is 5.73 Å². The summed E-state index contributed by atoms with van der Waals surface area (Å²) >= 11 is 0. The minimum Gasteiger partial charge on any atom is -0.341 e. The second-order valence-corrected chi connectivity index (χ2v) is 5.01. The van der Waals surface area contributed by atoms with Crippen molar-refractivity contribution in [1.29, 1.82) is 0 Å². The van der Waals surface area contributed by atoms with Crippen molar-refractivity contribution in [3.05, 3.63) is 41.4 Å². The van der Waals surface area contributed by atoms with Gasteiger partial charge in [0.05, 0.1) is 17.9 Å². The molecule has 1 atom stereocenters. The van der Waals surface area contributed by atoms with Crippen molar-refractivity contribution >= 4 is 0 Å². The Kier molecular flexibility index (Phi) is 4.49. The number of nitrogens with zero attached hydrogens (tertiary/aromatic N) is 1. The fourth-order valence-electron chi connectivity index (χ4n) is 2.08. The third-order valence-electron chi connectivity index (χ3n) is 3.35. The van der Waals surface area contributed by atoms with Crippen LogP contribution in [0.25, 0.3) is 11.3 Å². The molecule has 0 bridgehead atoms. The first-order valence-corrected chi connectivity index (χ1v) is 6.79. The van der Waals surface area contributed by atoms with Crippen LogP contribution in [0, 0.1) is 18.6 Å². The van der Waals surface area contributed by atoms with E-state index in [0.29, 0.717) is 11.5 Å². The van der Waals surface area contributed by atoms with Gasteiger partial charge in [-0.05, 0) is 31.0 Å². The summed E-state index contributed by atoms with van der Waals surface area (Å²) in [6.45, 7) is 3.62. The number of unbranched alkanes of at least 4 members (excludes halogenated alkanes) is 1. The zero-order valence-corrected chi connectivity index (χ0v) is 11.7. The highest BCUT2D eigenvalue weighted by molar-refractivity contribution is 5.60. The number of hydrogen-bond acceptors (Lipinski definition) is 2. The van der Waals surface area contributed by atoms with Crippen LogP contribution < -0.4 is 5.73 Å². The standard InChI is InChI=1S/C15H19F2N3/c1-3-4-5-13(18)15-19-8-14(20-15)10-7-11(16)9(2)6-12(10)17/h6-8,13H,3-5,18H2,1-2H3,(H,19,20). The van der Waals surface area contributed by atoms with Crippen molar-refractivity contribution in [2.75, 3.05) is 0 Å². The van der Waals surface area contributed by atoms with E-state index in [4.69, 9.17) is 5.73 Å². The molecule has 1 aromatic carbocycles. The van der Waals surface area contributed by atoms with Crippen molar-refractivity contribution in [2.45, 2.75) is 39.2 Å². The summed E-state index contributed by atoms with van der Waals surface area (Å²) in [6.07, 6.45) is 4.37. The van der Waals surface area contributed by atoms with E-state index in [9.17, 15) is 8.78 Å². The number of nitrogens with one attached hydrogen (secondary N) is 1. The number of halogens is 2. The minimum atomic E-state index is -0.471. The van der Waals surface area contributed by atoms with Crippen LogP contribution in [0.2, 0.25) is 0 Å². The Morgan fingerprint density at radius 2 is 2.05 bits per heavy atom. The summed E-state index contributed by atoms with van der Waals surface area (Å²) in [4.78, 5) is 7.15. The molecule has 2 rings (SSSR count). The van der Waals surface area contributed by atoms with E-state index < -0.39 is 11.6 Å². The Labute approximate surface area is 117 Å². The number of rotatable bonds is 5. The molecular formula is C15H19F2N3. The van der Waals surface area contributed by atoms with Gasteiger partial charge in [-0.3, -0.25) is 0 Å². The van der Waals surface area contributed by atoms with Gasteiger partial charge in [0, 0.05) is 5.56 Å². The van der Waals surface area contributed by atoms with E-state index in [2.05, 4.69) is 16.9 Å². The second-order valence-electron chi connectivity index (χ2n) is 5.01. The zero-order valence-electron chi connectivity index (χ0n) is 11.7. The van der Waals surface area contributed by atoms with E-state index in [0.717, 1.165) is 19.3 Å². The smallest absolute Gasteiger partial charge is 0.133 e. The number of aromatic nitrogens is 2. The molecule has 2 aromatic rings. The highest BCUT2D eigenvalue weighted by atomic mass is 19.1. The van der Waals surface area contributed by atoms with Crippen molar-refractivity contribution in [1.82, 2.24) is 9.97 Å². The van der Waals surface area contributed by atoms with Crippen LogP contribution in [0.3, 0.4) is 0 Å². The summed E-state index contributed by atoms with van der Waals surface area (Å²) < 4.78 is 27.4. The Hall–Kier alpha value is -1.75. The summed E-state index contributed by atoms with van der Waals surface area (Å²) in [7, 11) is 0. The largest absolute Gasteiger partial charge is 0.341 e. The number of benzene rings is 1. The fourth-order valence-corrected chi connectivity index (χ4v) is 2.08. The molecule has 3 N–H and O–H groups in total. The van der Waals surface area contributed by atoms with Gasteiger partial charge in [-0.2, -0.15) is 0 Å². The van der Waals surface area contributed by atoms with Crippen molar-refractivity contribution < 1.29 is 8.78 Å². The van der Waals surface area contributed by atoms with Gasteiger partial charge in [-0.1, -0.05) is 19.8 Å². The molecule has 0 saturated heterocycles. The maximum absolute atomic E-state index is 13.9. The lowest BCUT2D eigenvalue weighted by molar-refractivity contribution is 0.579. The molecule has 0 aliphatic carbocycles. The third kappa shape index (κ3) is 3.04. The van der Waals surface area contributed by atoms with Crippen LogP contribution >= 0.6 is 0 Å². The first-order valence-electron chi connectivity index (χ1n) is 6.79. The molecule has 0 saturated carbocycles. The molecule has 1 unspecified atom stereocenters. The second kappa shape index (κ2) is 6.13. The summed E-state index contributed by atoms with van der Waals surface area (Å²) in [5.41, 5.74) is 6.91. The predicted octanol–water partition coefficient (Wildman–Crippen LogP) is 3.85. The van der Waals surface area contributed by atoms with E-state index in [1.807, 2.05) is 0 Å². The fraction of sp³-hybridized carbons (Fsp3) is 0.400. The average Bonchev–Trinajstić information content (AvgIpc) is 2.89. The van der Waals surface area contributed by atoms with Gasteiger partial charge in [-0.15, -0.1) is 0 Å². The number of aryl methyl sites for hydroxylation is 1. The lowest BCUT2D eigenvalue weighted by Gasteiger charge is -2.07. The molecule has 1 heterocycles. The van der Waals surface area contributed by atoms with Crippen LogP contribution in [0.4, 0.5) is 8.78 Å². The van der Waals surface area contributed by atoms with Crippen molar-refractivity contribution in [3.63, 3.8) is 0 Å². The van der Waals surface area contributed by atoms with E-state index >= 15 is 0 Å². The number of hydrogen-bond donors (Lipinski definition) is 2. The monoisotopic (exact) mass is 279 g/mol. The third-order valence-corrected chi connectivity index (χ3v) is 3.35. The quantitative estimate of drug-likeness (QED) is 0.873. The minimum absolute atomic E-state index is 0.176. The van der Waals surface area contributed by atoms with E-state index in [1.165, 1.54) is 25.3 Å². The molecule has 1 aromatic heterocycles. The number of imidazole rings is 1. The van der Waals surface area contributed by atoms with Gasteiger partial charge in [0.1, 0.15) is 17.5 Å². The van der Waals surface area contributed by atoms with Crippen molar-refractivity contribution in [3.8, 4) is 11.3 Å². The Balaban J connectivity index is 2.27. The highest BCUT2D eigenvalue weighted by Crippen LogP contribution is 2.25. The highest BCUT2D eigenvalue weighted by Gasteiger charge is 2.14. The van der Waals surface area contributed by atoms with Gasteiger partial charge in [0.15, 0.2) is 0 Å². The van der Waals surface area contributed by atoms with Gasteiger partial charge in [0.25, 0.3) is 0 Å². The molecule has 0 radical (unpaired) electrons. The first kappa shape index (κ1) is 14.7. The Morgan fingerprint density at radius 1 is 1.30 bits per heavy atom. The Bertz CT molecular complexity index is 593. The van der Waals surface area contributed by atoms with Gasteiger partial charge in [-0.25, -0.2) is 13.8 Å². The maximum atomic E-state index is 13.9. The summed E-state index contributed by atoms with van der Waals surface area (Å²) in [5.74, 6) is -0.303. The first-order chi connectivity index (χ1) is 9.52. The molecule has 108 valence electrons. The molecule has 0 aliphatic heterocycles. The summed E-state index contributed by atoms with van der Waals surface area (Å²) in [6, 6.07) is 2.16. The maximum Gasteiger partial charge on any atom is 0.133 e. The molecule has 0 fully saturated rings. The number of H-pyrrole nitrogens is 1. The zero-order chi connectivity index (χ0) is 14.7. The molecule has 0 spiro atoms. The number of aromatic amines is 1. The molecule has 0 amide bonds. The molecule has 5 heteroatoms. The normalized spacial score (nSPS) is 12.7. The van der Waals surface area contributed by atoms with Crippen LogP contribution in [-0.2, 0) is 0 Å². The van der Waals surface area contributed by atoms with Crippen LogP contribution in [-0.4, -0.2) is 9.97 Å². The predicted molar refractivity (Wildman–Crippen MR) is 75.1 cm³/mol. The lowest BCUT2D eigenvalue weighted by atomic mass is 10.1. The van der Waals surface area contributed by atoms with Crippen LogP contribution in [0.5, 0.6) is 0 Å². The Morgan fingerprint density at radius 3 is 2.75 bits per heavy atom. The van der Waals surface area contributed by atoms with Gasteiger partial charge in [0.2, 0.25) is 0 Å². The number of nitrogens with two attached hydrogens (primary N) is 1. The molecule has 20 heavy (non-hydrogen) atoms. The van der Waals surface area contributed by atoms with E-state index in [-0.39, 0.29) is 17.2 Å². The lowest BCUT2D eigenvalue weighted by Crippen LogP contribution is -2.11. The van der Waals surface area contributed by atoms with Crippen LogP contribution in [0.15, 0.2) is 18.3 Å². The topological polar surface area (TPSA) is 54.7 Å².